The maximum absolute atomic E-state index is 12.6. The molecule has 6 rings (SSSR count). The molecule has 1 saturated carbocycles. The maximum Gasteiger partial charge on any atom is 0.272 e. The van der Waals surface area contributed by atoms with Crippen LogP contribution in [0.2, 0.25) is 0 Å². The number of nitrogens with one attached hydrogen (secondary N) is 1. The number of nitro groups is 1. The van der Waals surface area contributed by atoms with E-state index >= 15 is 0 Å². The molecule has 1 amide bonds. The van der Waals surface area contributed by atoms with E-state index in [4.69, 9.17) is 0 Å². The summed E-state index contributed by atoms with van der Waals surface area (Å²) in [5.74, 6) is 1.29. The van der Waals surface area contributed by atoms with Gasteiger partial charge in [-0.2, -0.15) is 0 Å². The Labute approximate surface area is 205 Å². The van der Waals surface area contributed by atoms with Crippen molar-refractivity contribution in [2.24, 2.45) is 0 Å². The van der Waals surface area contributed by atoms with Crippen LogP contribution in [0.3, 0.4) is 0 Å². The van der Waals surface area contributed by atoms with Gasteiger partial charge in [-0.05, 0) is 61.4 Å². The molecule has 0 bridgehead atoms. The van der Waals surface area contributed by atoms with E-state index in [-0.39, 0.29) is 11.6 Å². The highest BCUT2D eigenvalue weighted by atomic mass is 32.1. The van der Waals surface area contributed by atoms with Crippen molar-refractivity contribution in [1.29, 1.82) is 0 Å². The smallest absolute Gasteiger partial charge is 0.272 e. The second kappa shape index (κ2) is 9.53. The molecule has 3 aromatic heterocycles. The van der Waals surface area contributed by atoms with Gasteiger partial charge in [-0.3, -0.25) is 19.9 Å². The molecule has 1 aliphatic carbocycles. The lowest BCUT2D eigenvalue weighted by Crippen LogP contribution is -2.23. The SMILES string of the molecule is Cc1ccc([N+](=O)[O-])cc1F.O=C1CCCN1Cc1cnc(-c2cc3nccc(C4CC4)c3s2)[nH]1. The number of likely N-dealkylation sites (tertiary alicyclic amines) is 1. The number of hydrogen-bond donors (Lipinski definition) is 1. The molecule has 0 unspecified atom stereocenters. The summed E-state index contributed by atoms with van der Waals surface area (Å²) >= 11 is 1.77. The van der Waals surface area contributed by atoms with Crippen molar-refractivity contribution < 1.29 is 14.1 Å². The zero-order chi connectivity index (χ0) is 24.5. The number of nitrogens with zero attached hydrogens (tertiary/aromatic N) is 4. The van der Waals surface area contributed by atoms with Crippen molar-refractivity contribution >= 4 is 33.1 Å². The Morgan fingerprint density at radius 2 is 2.09 bits per heavy atom. The second-order valence-electron chi connectivity index (χ2n) is 8.87. The first-order valence-corrected chi connectivity index (χ1v) is 12.3. The van der Waals surface area contributed by atoms with E-state index in [0.29, 0.717) is 18.5 Å². The number of benzene rings is 1. The third-order valence-corrected chi connectivity index (χ3v) is 7.40. The Balaban J connectivity index is 0.000000195. The topological polar surface area (TPSA) is 105 Å². The van der Waals surface area contributed by atoms with Crippen LogP contribution in [0, 0.1) is 22.9 Å². The normalized spacial score (nSPS) is 15.4. The second-order valence-corrected chi connectivity index (χ2v) is 9.92. The Hall–Kier alpha value is -3.66. The van der Waals surface area contributed by atoms with Crippen molar-refractivity contribution in [1.82, 2.24) is 19.9 Å². The molecule has 0 atom stereocenters. The molecule has 8 nitrogen and oxygen atoms in total. The largest absolute Gasteiger partial charge is 0.340 e. The minimum Gasteiger partial charge on any atom is -0.340 e. The predicted molar refractivity (Wildman–Crippen MR) is 132 cm³/mol. The summed E-state index contributed by atoms with van der Waals surface area (Å²) in [6.07, 6.45) is 7.99. The number of imidazole rings is 1. The molecular formula is C25H24FN5O3S. The summed E-state index contributed by atoms with van der Waals surface area (Å²) in [5, 5.41) is 10.1. The van der Waals surface area contributed by atoms with Gasteiger partial charge in [-0.1, -0.05) is 0 Å². The van der Waals surface area contributed by atoms with Gasteiger partial charge in [0.1, 0.15) is 11.6 Å². The lowest BCUT2D eigenvalue weighted by atomic mass is 10.1. The number of fused-ring (bicyclic) bond motifs is 1. The number of aromatic nitrogens is 3. The molecule has 0 radical (unpaired) electrons. The van der Waals surface area contributed by atoms with E-state index in [1.54, 1.807) is 18.3 Å². The number of halogens is 1. The maximum atomic E-state index is 12.6. The minimum atomic E-state index is -0.622. The monoisotopic (exact) mass is 493 g/mol. The number of non-ortho nitro benzene ring substituents is 1. The van der Waals surface area contributed by atoms with Crippen LogP contribution < -0.4 is 0 Å². The summed E-state index contributed by atoms with van der Waals surface area (Å²) < 4.78 is 13.9. The van der Waals surface area contributed by atoms with E-state index in [1.807, 2.05) is 17.3 Å². The Kier molecular flexibility index (Phi) is 6.29. The Bertz CT molecular complexity index is 1410. The van der Waals surface area contributed by atoms with Crippen LogP contribution in [0.5, 0.6) is 0 Å². The summed E-state index contributed by atoms with van der Waals surface area (Å²) in [7, 11) is 0. The number of nitro benzene ring substituents is 1. The molecule has 2 fully saturated rings. The summed E-state index contributed by atoms with van der Waals surface area (Å²) in [5.41, 5.74) is 3.69. The fourth-order valence-corrected chi connectivity index (χ4v) is 5.29. The quantitative estimate of drug-likeness (QED) is 0.282. The van der Waals surface area contributed by atoms with Crippen molar-refractivity contribution in [3.8, 4) is 10.7 Å². The molecule has 4 heterocycles. The number of amides is 1. The van der Waals surface area contributed by atoms with Crippen molar-refractivity contribution in [3.05, 3.63) is 75.5 Å². The molecule has 1 N–H and O–H groups in total. The fourth-order valence-electron chi connectivity index (χ4n) is 4.13. The van der Waals surface area contributed by atoms with Gasteiger partial charge >= 0.3 is 0 Å². The van der Waals surface area contributed by atoms with Gasteiger partial charge in [0.05, 0.1) is 44.5 Å². The van der Waals surface area contributed by atoms with E-state index < -0.39 is 10.7 Å². The Morgan fingerprint density at radius 3 is 2.77 bits per heavy atom. The number of pyridine rings is 1. The molecule has 180 valence electrons. The number of carbonyl (C=O) groups excluding carboxylic acids is 1. The van der Waals surface area contributed by atoms with E-state index in [2.05, 4.69) is 27.1 Å². The average Bonchev–Trinajstić information content (AvgIpc) is 3.22. The zero-order valence-electron chi connectivity index (χ0n) is 19.2. The number of hydrogen-bond acceptors (Lipinski definition) is 6. The van der Waals surface area contributed by atoms with Gasteiger partial charge < -0.3 is 9.88 Å². The lowest BCUT2D eigenvalue weighted by molar-refractivity contribution is -0.385. The van der Waals surface area contributed by atoms with Gasteiger partial charge in [0.25, 0.3) is 5.69 Å². The number of aromatic amines is 1. The van der Waals surface area contributed by atoms with E-state index in [0.717, 1.165) is 46.9 Å². The van der Waals surface area contributed by atoms with Gasteiger partial charge in [0.2, 0.25) is 5.91 Å². The highest BCUT2D eigenvalue weighted by molar-refractivity contribution is 7.22. The van der Waals surface area contributed by atoms with Crippen LogP contribution in [0.4, 0.5) is 10.1 Å². The average molecular weight is 494 g/mol. The third-order valence-electron chi connectivity index (χ3n) is 6.22. The predicted octanol–water partition coefficient (Wildman–Crippen LogP) is 5.73. The van der Waals surface area contributed by atoms with Crippen LogP contribution >= 0.6 is 11.3 Å². The summed E-state index contributed by atoms with van der Waals surface area (Å²) in [6, 6.07) is 7.85. The van der Waals surface area contributed by atoms with Crippen LogP contribution in [0.25, 0.3) is 20.9 Å². The number of carbonyl (C=O) groups is 1. The standard InChI is InChI=1S/C18H18N4OS.C7H6FNO2/c23-16-2-1-7-22(16)10-12-9-20-18(21-12)15-8-14-17(24-15)13(5-6-19-14)11-3-4-11;1-5-2-3-6(9(10)11)4-7(5)8/h5-6,8-9,11H,1-4,7,10H2,(H,20,21);2-4H,1H3. The fraction of sp³-hybridized carbons (Fsp3) is 0.320. The van der Waals surface area contributed by atoms with Crippen LogP contribution in [-0.4, -0.2) is 37.2 Å². The molecule has 35 heavy (non-hydrogen) atoms. The van der Waals surface area contributed by atoms with Crippen LogP contribution in [0.1, 0.15) is 48.4 Å². The minimum absolute atomic E-state index is 0.215. The first-order chi connectivity index (χ1) is 16.9. The molecular weight excluding hydrogens is 469 g/mol. The van der Waals surface area contributed by atoms with Crippen molar-refractivity contribution in [3.63, 3.8) is 0 Å². The van der Waals surface area contributed by atoms with Gasteiger partial charge in [-0.25, -0.2) is 9.37 Å². The molecule has 1 aliphatic heterocycles. The van der Waals surface area contributed by atoms with Crippen LogP contribution in [-0.2, 0) is 11.3 Å². The molecule has 1 aromatic carbocycles. The lowest BCUT2D eigenvalue weighted by Gasteiger charge is -2.13. The number of rotatable bonds is 5. The third kappa shape index (κ3) is 5.07. The van der Waals surface area contributed by atoms with Crippen LogP contribution in [0.15, 0.2) is 42.7 Å². The highest BCUT2D eigenvalue weighted by Gasteiger charge is 2.27. The van der Waals surface area contributed by atoms with Crippen molar-refractivity contribution in [2.45, 2.75) is 45.1 Å². The summed E-state index contributed by atoms with van der Waals surface area (Å²) in [6.45, 7) is 3.03. The number of thiophene rings is 1. The number of aryl methyl sites for hydroxylation is 1. The van der Waals surface area contributed by atoms with Crippen molar-refractivity contribution in [2.75, 3.05) is 6.54 Å². The van der Waals surface area contributed by atoms with E-state index in [1.165, 1.54) is 35.2 Å². The van der Waals surface area contributed by atoms with Gasteiger partial charge in [-0.15, -0.1) is 11.3 Å². The molecule has 10 heteroatoms. The first-order valence-electron chi connectivity index (χ1n) is 11.5. The van der Waals surface area contributed by atoms with Gasteiger partial charge in [0, 0.05) is 25.2 Å². The highest BCUT2D eigenvalue weighted by Crippen LogP contribution is 2.45. The van der Waals surface area contributed by atoms with E-state index in [9.17, 15) is 19.3 Å². The summed E-state index contributed by atoms with van der Waals surface area (Å²) in [4.78, 5) is 36.7. The number of H-pyrrole nitrogens is 1. The first kappa shape index (κ1) is 23.1. The molecule has 0 spiro atoms. The molecule has 4 aromatic rings. The molecule has 1 saturated heterocycles. The van der Waals surface area contributed by atoms with Gasteiger partial charge in [0.15, 0.2) is 0 Å². The Morgan fingerprint density at radius 1 is 1.26 bits per heavy atom. The molecule has 2 aliphatic rings. The zero-order valence-corrected chi connectivity index (χ0v) is 20.0.